The number of aliphatic hydroxyl groups excluding tert-OH is 1. The zero-order valence-electron chi connectivity index (χ0n) is 8.47. The molecule has 0 aliphatic heterocycles. The Hall–Kier alpha value is -0.0400. The van der Waals surface area contributed by atoms with Gasteiger partial charge >= 0.3 is 0 Å². The molecule has 12 heavy (non-hydrogen) atoms. The van der Waals surface area contributed by atoms with Gasteiger partial charge in [-0.15, -0.1) is 0 Å². The lowest BCUT2D eigenvalue weighted by molar-refractivity contribution is 0.00389. The van der Waals surface area contributed by atoms with E-state index in [1.807, 2.05) is 0 Å². The molecule has 1 saturated carbocycles. The molecule has 1 atom stereocenters. The summed E-state index contributed by atoms with van der Waals surface area (Å²) < 4.78 is 0. The summed E-state index contributed by atoms with van der Waals surface area (Å²) in [6.07, 6.45) is 8.50. The summed E-state index contributed by atoms with van der Waals surface area (Å²) in [7, 11) is 0. The van der Waals surface area contributed by atoms with Crippen LogP contribution in [0.3, 0.4) is 0 Å². The smallest absolute Gasteiger partial charge is 0.0593 e. The largest absolute Gasteiger partial charge is 0.393 e. The highest BCUT2D eigenvalue weighted by Crippen LogP contribution is 2.39. The van der Waals surface area contributed by atoms with Gasteiger partial charge in [-0.2, -0.15) is 0 Å². The molecular weight excluding hydrogens is 148 g/mol. The number of hydrogen-bond donors (Lipinski definition) is 1. The van der Waals surface area contributed by atoms with Crippen molar-refractivity contribution in [3.63, 3.8) is 0 Å². The molecule has 1 fully saturated rings. The molecule has 1 rings (SSSR count). The van der Waals surface area contributed by atoms with Crippen molar-refractivity contribution in [2.24, 2.45) is 5.41 Å². The van der Waals surface area contributed by atoms with E-state index < -0.39 is 0 Å². The Morgan fingerprint density at radius 3 is 2.33 bits per heavy atom. The van der Waals surface area contributed by atoms with Crippen molar-refractivity contribution in [3.8, 4) is 0 Å². The fourth-order valence-electron chi connectivity index (χ4n) is 2.31. The molecule has 1 N–H and O–H groups in total. The molecule has 0 aromatic heterocycles. The van der Waals surface area contributed by atoms with Gasteiger partial charge in [-0.05, 0) is 24.7 Å². The number of rotatable bonds is 3. The van der Waals surface area contributed by atoms with Crippen LogP contribution in [0.2, 0.25) is 0 Å². The van der Waals surface area contributed by atoms with Gasteiger partial charge in [-0.25, -0.2) is 0 Å². The van der Waals surface area contributed by atoms with Gasteiger partial charge in [0.05, 0.1) is 6.10 Å². The summed E-state index contributed by atoms with van der Waals surface area (Å²) in [4.78, 5) is 0. The maximum Gasteiger partial charge on any atom is 0.0593 e. The molecule has 1 aliphatic rings. The predicted octanol–water partition coefficient (Wildman–Crippen LogP) is 3.12. The van der Waals surface area contributed by atoms with Gasteiger partial charge in [-0.3, -0.25) is 0 Å². The molecule has 0 aromatic rings. The van der Waals surface area contributed by atoms with Crippen LogP contribution < -0.4 is 0 Å². The van der Waals surface area contributed by atoms with Crippen molar-refractivity contribution in [2.75, 3.05) is 0 Å². The standard InChI is InChI=1S/C11H22O/c1-3-7-10(12)11(2)8-5-4-6-9-11/h10,12H,3-9H2,1-2H3/t10-/m0/s1. The van der Waals surface area contributed by atoms with E-state index in [0.29, 0.717) is 0 Å². The van der Waals surface area contributed by atoms with Crippen LogP contribution in [0.5, 0.6) is 0 Å². The summed E-state index contributed by atoms with van der Waals surface area (Å²) in [5.74, 6) is 0. The highest BCUT2D eigenvalue weighted by molar-refractivity contribution is 4.84. The van der Waals surface area contributed by atoms with Crippen LogP contribution in [0.15, 0.2) is 0 Å². The molecule has 72 valence electrons. The zero-order chi connectivity index (χ0) is 9.03. The van der Waals surface area contributed by atoms with Crippen molar-refractivity contribution < 1.29 is 5.11 Å². The van der Waals surface area contributed by atoms with E-state index in [4.69, 9.17) is 0 Å². The molecule has 1 nitrogen and oxygen atoms in total. The van der Waals surface area contributed by atoms with Crippen molar-refractivity contribution in [1.29, 1.82) is 0 Å². The molecule has 1 aliphatic carbocycles. The Bertz CT molecular complexity index is 125. The highest BCUT2D eigenvalue weighted by Gasteiger charge is 2.33. The average Bonchev–Trinajstić information content (AvgIpc) is 2.06. The summed E-state index contributed by atoms with van der Waals surface area (Å²) in [6, 6.07) is 0. The van der Waals surface area contributed by atoms with E-state index in [0.717, 1.165) is 12.8 Å². The molecule has 0 saturated heterocycles. The second-order valence-corrected chi connectivity index (χ2v) is 4.52. The molecular formula is C11H22O. The first-order valence-corrected chi connectivity index (χ1v) is 5.37. The lowest BCUT2D eigenvalue weighted by Crippen LogP contribution is -2.34. The quantitative estimate of drug-likeness (QED) is 0.690. The topological polar surface area (TPSA) is 20.2 Å². The van der Waals surface area contributed by atoms with E-state index in [1.165, 1.54) is 32.1 Å². The van der Waals surface area contributed by atoms with Gasteiger partial charge in [-0.1, -0.05) is 39.5 Å². The fourth-order valence-corrected chi connectivity index (χ4v) is 2.31. The minimum atomic E-state index is -0.0530. The molecule has 0 radical (unpaired) electrons. The van der Waals surface area contributed by atoms with Crippen LogP contribution in [0.25, 0.3) is 0 Å². The third-order valence-electron chi connectivity index (χ3n) is 3.36. The maximum atomic E-state index is 9.93. The Labute approximate surface area is 76.2 Å². The van der Waals surface area contributed by atoms with Gasteiger partial charge in [0.1, 0.15) is 0 Å². The summed E-state index contributed by atoms with van der Waals surface area (Å²) >= 11 is 0. The van der Waals surface area contributed by atoms with Gasteiger partial charge in [0, 0.05) is 0 Å². The van der Waals surface area contributed by atoms with E-state index >= 15 is 0 Å². The van der Waals surface area contributed by atoms with Crippen molar-refractivity contribution in [3.05, 3.63) is 0 Å². The Balaban J connectivity index is 2.44. The lowest BCUT2D eigenvalue weighted by atomic mass is 9.71. The average molecular weight is 170 g/mol. The second-order valence-electron chi connectivity index (χ2n) is 4.52. The molecule has 0 unspecified atom stereocenters. The molecule has 0 amide bonds. The van der Waals surface area contributed by atoms with E-state index in [1.54, 1.807) is 0 Å². The Morgan fingerprint density at radius 1 is 1.25 bits per heavy atom. The van der Waals surface area contributed by atoms with Crippen molar-refractivity contribution in [2.45, 2.75) is 64.9 Å². The van der Waals surface area contributed by atoms with Crippen LogP contribution >= 0.6 is 0 Å². The first-order chi connectivity index (χ1) is 5.69. The molecule has 0 bridgehead atoms. The lowest BCUT2D eigenvalue weighted by Gasteiger charge is -2.37. The third kappa shape index (κ3) is 2.22. The number of hydrogen-bond acceptors (Lipinski definition) is 1. The summed E-state index contributed by atoms with van der Waals surface area (Å²) in [6.45, 7) is 4.40. The predicted molar refractivity (Wildman–Crippen MR) is 52.1 cm³/mol. The van der Waals surface area contributed by atoms with E-state index in [2.05, 4.69) is 13.8 Å². The Morgan fingerprint density at radius 2 is 1.83 bits per heavy atom. The molecule has 0 aromatic carbocycles. The second kappa shape index (κ2) is 4.27. The monoisotopic (exact) mass is 170 g/mol. The van der Waals surface area contributed by atoms with Gasteiger partial charge in [0.15, 0.2) is 0 Å². The maximum absolute atomic E-state index is 9.93. The van der Waals surface area contributed by atoms with E-state index in [9.17, 15) is 5.11 Å². The van der Waals surface area contributed by atoms with Crippen LogP contribution in [0, 0.1) is 5.41 Å². The summed E-state index contributed by atoms with van der Waals surface area (Å²) in [5, 5.41) is 9.93. The fraction of sp³-hybridized carbons (Fsp3) is 1.00. The minimum absolute atomic E-state index is 0.0530. The van der Waals surface area contributed by atoms with Crippen LogP contribution in [0.1, 0.15) is 58.8 Å². The first kappa shape index (κ1) is 10.0. The molecule has 1 heteroatoms. The van der Waals surface area contributed by atoms with Gasteiger partial charge in [0.25, 0.3) is 0 Å². The van der Waals surface area contributed by atoms with Crippen LogP contribution in [0.4, 0.5) is 0 Å². The SMILES string of the molecule is CCC[C@H](O)C1(C)CCCCC1. The van der Waals surface area contributed by atoms with Gasteiger partial charge < -0.3 is 5.11 Å². The van der Waals surface area contributed by atoms with Crippen molar-refractivity contribution >= 4 is 0 Å². The normalized spacial score (nSPS) is 25.2. The van der Waals surface area contributed by atoms with Crippen molar-refractivity contribution in [1.82, 2.24) is 0 Å². The molecule has 0 spiro atoms. The van der Waals surface area contributed by atoms with Crippen LogP contribution in [-0.2, 0) is 0 Å². The first-order valence-electron chi connectivity index (χ1n) is 5.37. The Kier molecular flexibility index (Phi) is 3.57. The van der Waals surface area contributed by atoms with Gasteiger partial charge in [0.2, 0.25) is 0 Å². The summed E-state index contributed by atoms with van der Waals surface area (Å²) in [5.41, 5.74) is 0.244. The third-order valence-corrected chi connectivity index (χ3v) is 3.36. The highest BCUT2D eigenvalue weighted by atomic mass is 16.3. The number of aliphatic hydroxyl groups is 1. The van der Waals surface area contributed by atoms with Crippen LogP contribution in [-0.4, -0.2) is 11.2 Å². The van der Waals surface area contributed by atoms with E-state index in [-0.39, 0.29) is 11.5 Å². The molecule has 0 heterocycles. The minimum Gasteiger partial charge on any atom is -0.393 e. The zero-order valence-corrected chi connectivity index (χ0v) is 8.47.